The standard InChI is InChI=1S/C17H9BrCl2O/c18-14-9-10(5-7-16(14)20)17(21)13-6-8-15(19)12-4-2-1-3-11(12)13/h1-9H. The predicted molar refractivity (Wildman–Crippen MR) is 91.5 cm³/mol. The number of ketones is 1. The second-order valence-electron chi connectivity index (χ2n) is 4.60. The first-order chi connectivity index (χ1) is 10.1. The van der Waals surface area contributed by atoms with Gasteiger partial charge >= 0.3 is 0 Å². The Balaban J connectivity index is 2.18. The number of fused-ring (bicyclic) bond motifs is 1. The van der Waals surface area contributed by atoms with Crippen molar-refractivity contribution >= 4 is 55.7 Å². The Morgan fingerprint density at radius 1 is 0.857 bits per heavy atom. The molecule has 3 aromatic carbocycles. The second kappa shape index (κ2) is 5.80. The van der Waals surface area contributed by atoms with E-state index in [2.05, 4.69) is 15.9 Å². The van der Waals surface area contributed by atoms with Crippen molar-refractivity contribution in [3.63, 3.8) is 0 Å². The van der Waals surface area contributed by atoms with E-state index in [1.165, 1.54) is 0 Å². The maximum atomic E-state index is 12.7. The van der Waals surface area contributed by atoms with Crippen molar-refractivity contribution in [2.24, 2.45) is 0 Å². The van der Waals surface area contributed by atoms with Crippen molar-refractivity contribution < 1.29 is 4.79 Å². The van der Waals surface area contributed by atoms with Crippen LogP contribution in [0.25, 0.3) is 10.8 Å². The van der Waals surface area contributed by atoms with Gasteiger partial charge in [0.2, 0.25) is 0 Å². The Morgan fingerprint density at radius 3 is 2.24 bits per heavy atom. The van der Waals surface area contributed by atoms with Crippen LogP contribution in [0.15, 0.2) is 59.1 Å². The molecule has 0 amide bonds. The van der Waals surface area contributed by atoms with E-state index in [9.17, 15) is 4.79 Å². The summed E-state index contributed by atoms with van der Waals surface area (Å²) in [5, 5.41) is 2.94. The molecule has 0 bridgehead atoms. The zero-order chi connectivity index (χ0) is 15.0. The molecule has 104 valence electrons. The number of halogens is 3. The van der Waals surface area contributed by atoms with Crippen LogP contribution in [0.5, 0.6) is 0 Å². The minimum absolute atomic E-state index is 0.0553. The summed E-state index contributed by atoms with van der Waals surface area (Å²) in [6.45, 7) is 0. The van der Waals surface area contributed by atoms with E-state index >= 15 is 0 Å². The minimum atomic E-state index is -0.0553. The summed E-state index contributed by atoms with van der Waals surface area (Å²) in [4.78, 5) is 12.7. The molecule has 4 heteroatoms. The maximum Gasteiger partial charge on any atom is 0.193 e. The Hall–Kier alpha value is -1.35. The van der Waals surface area contributed by atoms with E-state index in [0.717, 1.165) is 10.8 Å². The maximum absolute atomic E-state index is 12.7. The van der Waals surface area contributed by atoms with E-state index in [1.54, 1.807) is 30.3 Å². The van der Waals surface area contributed by atoms with Crippen LogP contribution in [0.4, 0.5) is 0 Å². The third kappa shape index (κ3) is 2.71. The predicted octanol–water partition coefficient (Wildman–Crippen LogP) is 6.14. The molecule has 0 spiro atoms. The van der Waals surface area contributed by atoms with Crippen LogP contribution in [0.1, 0.15) is 15.9 Å². The summed E-state index contributed by atoms with van der Waals surface area (Å²) in [6.07, 6.45) is 0. The summed E-state index contributed by atoms with van der Waals surface area (Å²) in [5.41, 5.74) is 1.21. The Morgan fingerprint density at radius 2 is 1.52 bits per heavy atom. The van der Waals surface area contributed by atoms with Crippen LogP contribution in [-0.2, 0) is 0 Å². The van der Waals surface area contributed by atoms with Gasteiger partial charge in [-0.25, -0.2) is 0 Å². The van der Waals surface area contributed by atoms with Crippen LogP contribution in [0.2, 0.25) is 10.0 Å². The van der Waals surface area contributed by atoms with Crippen LogP contribution in [-0.4, -0.2) is 5.78 Å². The van der Waals surface area contributed by atoms with Crippen LogP contribution in [0, 0.1) is 0 Å². The van der Waals surface area contributed by atoms with Gasteiger partial charge in [-0.05, 0) is 51.6 Å². The average molecular weight is 380 g/mol. The molecule has 3 aromatic rings. The molecular weight excluding hydrogens is 371 g/mol. The summed E-state index contributed by atoms with van der Waals surface area (Å²) >= 11 is 15.5. The van der Waals surface area contributed by atoms with Gasteiger partial charge in [-0.2, -0.15) is 0 Å². The third-order valence-corrected chi connectivity index (χ3v) is 4.84. The summed E-state index contributed by atoms with van der Waals surface area (Å²) < 4.78 is 0.702. The molecule has 0 aromatic heterocycles. The van der Waals surface area contributed by atoms with E-state index in [1.807, 2.05) is 24.3 Å². The lowest BCUT2D eigenvalue weighted by molar-refractivity contribution is 0.104. The molecule has 0 heterocycles. The Kier molecular flexibility index (Phi) is 4.03. The molecule has 0 aliphatic carbocycles. The van der Waals surface area contributed by atoms with Crippen LogP contribution in [0.3, 0.4) is 0 Å². The van der Waals surface area contributed by atoms with Gasteiger partial charge in [-0.1, -0.05) is 47.5 Å². The van der Waals surface area contributed by atoms with E-state index in [0.29, 0.717) is 25.6 Å². The summed E-state index contributed by atoms with van der Waals surface area (Å²) in [6, 6.07) is 16.3. The van der Waals surface area contributed by atoms with Crippen molar-refractivity contribution in [3.05, 3.63) is 80.2 Å². The number of rotatable bonds is 2. The SMILES string of the molecule is O=C(c1ccc(Cl)c(Br)c1)c1ccc(Cl)c2ccccc12. The molecule has 0 N–H and O–H groups in total. The van der Waals surface area contributed by atoms with Gasteiger partial charge in [-0.15, -0.1) is 0 Å². The highest BCUT2D eigenvalue weighted by Crippen LogP contribution is 2.29. The molecule has 0 aliphatic rings. The number of hydrogen-bond donors (Lipinski definition) is 0. The van der Waals surface area contributed by atoms with Gasteiger partial charge < -0.3 is 0 Å². The zero-order valence-corrected chi connectivity index (χ0v) is 13.8. The third-order valence-electron chi connectivity index (χ3n) is 3.30. The fourth-order valence-corrected chi connectivity index (χ4v) is 2.98. The zero-order valence-electron chi connectivity index (χ0n) is 10.7. The fraction of sp³-hybridized carbons (Fsp3) is 0. The van der Waals surface area contributed by atoms with E-state index in [4.69, 9.17) is 23.2 Å². The summed E-state index contributed by atoms with van der Waals surface area (Å²) in [5.74, 6) is -0.0553. The lowest BCUT2D eigenvalue weighted by Crippen LogP contribution is -2.02. The molecule has 0 aliphatic heterocycles. The van der Waals surface area contributed by atoms with Gasteiger partial charge in [0.1, 0.15) is 0 Å². The lowest BCUT2D eigenvalue weighted by Gasteiger charge is -2.08. The highest BCUT2D eigenvalue weighted by Gasteiger charge is 2.14. The molecule has 1 nitrogen and oxygen atoms in total. The fourth-order valence-electron chi connectivity index (χ4n) is 2.25. The van der Waals surface area contributed by atoms with Crippen LogP contribution >= 0.6 is 39.1 Å². The minimum Gasteiger partial charge on any atom is -0.289 e. The number of carbonyl (C=O) groups excluding carboxylic acids is 1. The van der Waals surface area contributed by atoms with Gasteiger partial charge in [0, 0.05) is 26.0 Å². The van der Waals surface area contributed by atoms with Crippen molar-refractivity contribution in [3.8, 4) is 0 Å². The molecule has 0 unspecified atom stereocenters. The molecule has 0 fully saturated rings. The molecule has 3 rings (SSSR count). The van der Waals surface area contributed by atoms with Crippen LogP contribution < -0.4 is 0 Å². The molecule has 0 saturated carbocycles. The van der Waals surface area contributed by atoms with E-state index < -0.39 is 0 Å². The first-order valence-corrected chi connectivity index (χ1v) is 7.80. The second-order valence-corrected chi connectivity index (χ2v) is 6.27. The smallest absolute Gasteiger partial charge is 0.193 e. The first kappa shape index (κ1) is 14.6. The van der Waals surface area contributed by atoms with Crippen molar-refractivity contribution in [1.29, 1.82) is 0 Å². The highest BCUT2D eigenvalue weighted by molar-refractivity contribution is 9.10. The topological polar surface area (TPSA) is 17.1 Å². The summed E-state index contributed by atoms with van der Waals surface area (Å²) in [7, 11) is 0. The quantitative estimate of drug-likeness (QED) is 0.488. The van der Waals surface area contributed by atoms with Crippen molar-refractivity contribution in [2.45, 2.75) is 0 Å². The highest BCUT2D eigenvalue weighted by atomic mass is 79.9. The molecule has 0 radical (unpaired) electrons. The monoisotopic (exact) mass is 378 g/mol. The molecule has 0 saturated heterocycles. The molecule has 0 atom stereocenters. The van der Waals surface area contributed by atoms with Gasteiger partial charge in [0.15, 0.2) is 5.78 Å². The van der Waals surface area contributed by atoms with Gasteiger partial charge in [-0.3, -0.25) is 4.79 Å². The largest absolute Gasteiger partial charge is 0.289 e. The average Bonchev–Trinajstić information content (AvgIpc) is 2.50. The van der Waals surface area contributed by atoms with Crippen molar-refractivity contribution in [1.82, 2.24) is 0 Å². The lowest BCUT2D eigenvalue weighted by atomic mass is 9.97. The first-order valence-electron chi connectivity index (χ1n) is 6.25. The Bertz CT molecular complexity index is 859. The molecule has 21 heavy (non-hydrogen) atoms. The molecular formula is C17H9BrCl2O. The number of carbonyl (C=O) groups is 1. The van der Waals surface area contributed by atoms with Crippen molar-refractivity contribution in [2.75, 3.05) is 0 Å². The Labute approximate surface area is 140 Å². The van der Waals surface area contributed by atoms with E-state index in [-0.39, 0.29) is 5.78 Å². The van der Waals surface area contributed by atoms with Gasteiger partial charge in [0.05, 0.1) is 5.02 Å². The normalized spacial score (nSPS) is 10.8. The number of benzene rings is 3. The van der Waals surface area contributed by atoms with Gasteiger partial charge in [0.25, 0.3) is 0 Å². The number of hydrogen-bond acceptors (Lipinski definition) is 1.